The van der Waals surface area contributed by atoms with Crippen molar-refractivity contribution in [2.75, 3.05) is 26.1 Å². The molecule has 0 unspecified atom stereocenters. The third-order valence-electron chi connectivity index (χ3n) is 4.42. The number of H-pyrrole nitrogens is 1. The molecule has 122 valence electrons. The molecule has 1 spiro atoms. The van der Waals surface area contributed by atoms with E-state index in [1.54, 1.807) is 24.9 Å². The second kappa shape index (κ2) is 4.63. The van der Waals surface area contributed by atoms with Crippen molar-refractivity contribution in [2.24, 2.45) is 5.41 Å². The van der Waals surface area contributed by atoms with Gasteiger partial charge in [-0.15, -0.1) is 0 Å². The second-order valence-electron chi connectivity index (χ2n) is 6.03. The summed E-state index contributed by atoms with van der Waals surface area (Å²) < 4.78 is 18.2. The number of hydrogen-bond donors (Lipinski definition) is 2. The van der Waals surface area contributed by atoms with Crippen LogP contribution in [0.1, 0.15) is 13.3 Å². The SMILES string of the molecule is COC1(C)OCC2(CO1)C/C2=C\n1cnc2c(=O)[nH]c(N)nc21. The van der Waals surface area contributed by atoms with E-state index < -0.39 is 5.97 Å². The number of imidazole rings is 1. The number of fused-ring (bicyclic) bond motifs is 1. The summed E-state index contributed by atoms with van der Waals surface area (Å²) in [5, 5.41) is 0. The third kappa shape index (κ3) is 2.24. The Bertz CT molecular complexity index is 860. The second-order valence-corrected chi connectivity index (χ2v) is 6.03. The molecule has 9 heteroatoms. The molecule has 23 heavy (non-hydrogen) atoms. The summed E-state index contributed by atoms with van der Waals surface area (Å²) in [5.74, 6) is -0.919. The molecule has 4 rings (SSSR count). The molecule has 0 aromatic carbocycles. The van der Waals surface area contributed by atoms with Gasteiger partial charge < -0.3 is 19.9 Å². The predicted octanol–water partition coefficient (Wildman–Crippen LogP) is 0.300. The average molecular weight is 319 g/mol. The number of nitrogens with zero attached hydrogens (tertiary/aromatic N) is 3. The van der Waals surface area contributed by atoms with Crippen LogP contribution in [-0.2, 0) is 14.2 Å². The van der Waals surface area contributed by atoms with E-state index in [1.165, 1.54) is 0 Å². The van der Waals surface area contributed by atoms with Gasteiger partial charge in [0.15, 0.2) is 11.2 Å². The standard InChI is InChI=1S/C14H17N5O4/c1-13(21-2)22-5-14(6-23-13)3-8(14)4-19-7-16-9-10(19)17-12(15)18-11(9)20/h4,7H,3,5-6H2,1-2H3,(H3,15,17,18,20)/b8-4+. The lowest BCUT2D eigenvalue weighted by atomic mass is 10.1. The van der Waals surface area contributed by atoms with Crippen LogP contribution in [0.2, 0.25) is 0 Å². The first-order valence-electron chi connectivity index (χ1n) is 7.21. The Morgan fingerprint density at radius 3 is 2.91 bits per heavy atom. The summed E-state index contributed by atoms with van der Waals surface area (Å²) >= 11 is 0. The fraction of sp³-hybridized carbons (Fsp3) is 0.500. The maximum atomic E-state index is 11.8. The number of nitrogens with two attached hydrogens (primary N) is 1. The van der Waals surface area contributed by atoms with Gasteiger partial charge in [-0.3, -0.25) is 14.3 Å². The van der Waals surface area contributed by atoms with Crippen LogP contribution in [0.5, 0.6) is 0 Å². The zero-order chi connectivity index (χ0) is 16.2. The number of ether oxygens (including phenoxy) is 3. The third-order valence-corrected chi connectivity index (χ3v) is 4.42. The van der Waals surface area contributed by atoms with E-state index in [1.807, 2.05) is 6.20 Å². The molecule has 2 aromatic heterocycles. The molecule has 0 radical (unpaired) electrons. The molecule has 1 saturated heterocycles. The highest BCUT2D eigenvalue weighted by molar-refractivity contribution is 5.73. The number of aromatic amines is 1. The van der Waals surface area contributed by atoms with E-state index in [-0.39, 0.29) is 22.4 Å². The van der Waals surface area contributed by atoms with Crippen molar-refractivity contribution in [1.29, 1.82) is 0 Å². The molecule has 2 fully saturated rings. The van der Waals surface area contributed by atoms with Crippen LogP contribution >= 0.6 is 0 Å². The van der Waals surface area contributed by atoms with Crippen molar-refractivity contribution >= 4 is 23.3 Å². The quantitative estimate of drug-likeness (QED) is 0.817. The number of anilines is 1. The Hall–Kier alpha value is -2.23. The van der Waals surface area contributed by atoms with Crippen LogP contribution in [-0.4, -0.2) is 45.8 Å². The molecule has 2 aromatic rings. The summed E-state index contributed by atoms with van der Waals surface area (Å²) in [4.78, 5) is 22.4. The first kappa shape index (κ1) is 14.4. The molecule has 3 heterocycles. The molecule has 2 aliphatic rings. The predicted molar refractivity (Wildman–Crippen MR) is 81.2 cm³/mol. The normalized spacial score (nSPS) is 32.0. The van der Waals surface area contributed by atoms with Crippen molar-refractivity contribution < 1.29 is 14.2 Å². The lowest BCUT2D eigenvalue weighted by molar-refractivity contribution is -0.392. The van der Waals surface area contributed by atoms with Gasteiger partial charge in [-0.2, -0.15) is 4.98 Å². The van der Waals surface area contributed by atoms with Crippen molar-refractivity contribution in [3.8, 4) is 0 Å². The highest BCUT2D eigenvalue weighted by atomic mass is 16.9. The van der Waals surface area contributed by atoms with Gasteiger partial charge in [0.1, 0.15) is 6.33 Å². The van der Waals surface area contributed by atoms with Crippen molar-refractivity contribution in [1.82, 2.24) is 19.5 Å². The van der Waals surface area contributed by atoms with Crippen LogP contribution in [0.15, 0.2) is 16.7 Å². The van der Waals surface area contributed by atoms with Crippen LogP contribution in [0, 0.1) is 5.41 Å². The van der Waals surface area contributed by atoms with E-state index in [0.717, 1.165) is 12.0 Å². The van der Waals surface area contributed by atoms with Crippen LogP contribution < -0.4 is 11.3 Å². The topological polar surface area (TPSA) is 117 Å². The van der Waals surface area contributed by atoms with E-state index in [2.05, 4.69) is 15.0 Å². The average Bonchev–Trinajstić information content (AvgIpc) is 3.03. The highest BCUT2D eigenvalue weighted by Crippen LogP contribution is 2.55. The van der Waals surface area contributed by atoms with Gasteiger partial charge in [-0.05, 0) is 12.0 Å². The number of nitrogens with one attached hydrogen (secondary N) is 1. The minimum Gasteiger partial charge on any atom is -0.369 e. The van der Waals surface area contributed by atoms with Gasteiger partial charge in [0.2, 0.25) is 5.95 Å². The summed E-state index contributed by atoms with van der Waals surface area (Å²) in [6.45, 7) is 2.78. The van der Waals surface area contributed by atoms with E-state index >= 15 is 0 Å². The number of hydrogen-bond acceptors (Lipinski definition) is 7. The molecule has 1 aliphatic carbocycles. The Balaban J connectivity index is 1.63. The maximum absolute atomic E-state index is 11.8. The molecule has 1 saturated carbocycles. The zero-order valence-corrected chi connectivity index (χ0v) is 12.8. The van der Waals surface area contributed by atoms with Gasteiger partial charge in [0.05, 0.1) is 13.2 Å². The zero-order valence-electron chi connectivity index (χ0n) is 12.8. The number of nitrogen functional groups attached to an aromatic ring is 1. The smallest absolute Gasteiger partial charge is 0.280 e. The van der Waals surface area contributed by atoms with Crippen molar-refractivity contribution in [3.05, 3.63) is 22.3 Å². The first-order valence-corrected chi connectivity index (χ1v) is 7.21. The Morgan fingerprint density at radius 2 is 2.22 bits per heavy atom. The van der Waals surface area contributed by atoms with Gasteiger partial charge in [-0.25, -0.2) is 4.98 Å². The summed E-state index contributed by atoms with van der Waals surface area (Å²) in [5.41, 5.74) is 6.95. The summed E-state index contributed by atoms with van der Waals surface area (Å²) in [7, 11) is 1.55. The minimum atomic E-state index is -0.982. The van der Waals surface area contributed by atoms with Gasteiger partial charge >= 0.3 is 0 Å². The van der Waals surface area contributed by atoms with Gasteiger partial charge in [-0.1, -0.05) is 0 Å². The monoisotopic (exact) mass is 319 g/mol. The fourth-order valence-electron chi connectivity index (χ4n) is 2.74. The molecular formula is C14H17N5O4. The van der Waals surface area contributed by atoms with Crippen LogP contribution in [0.25, 0.3) is 17.4 Å². The molecule has 0 amide bonds. The highest BCUT2D eigenvalue weighted by Gasteiger charge is 2.55. The van der Waals surface area contributed by atoms with E-state index in [9.17, 15) is 4.79 Å². The van der Waals surface area contributed by atoms with E-state index in [0.29, 0.717) is 18.9 Å². The van der Waals surface area contributed by atoms with Crippen molar-refractivity contribution in [2.45, 2.75) is 19.3 Å². The molecule has 0 bridgehead atoms. The number of methoxy groups -OCH3 is 1. The summed E-state index contributed by atoms with van der Waals surface area (Å²) in [6, 6.07) is 0. The molecular weight excluding hydrogens is 302 g/mol. The van der Waals surface area contributed by atoms with Crippen LogP contribution in [0.4, 0.5) is 5.95 Å². The Labute approximate surface area is 131 Å². The largest absolute Gasteiger partial charge is 0.369 e. The van der Waals surface area contributed by atoms with Gasteiger partial charge in [0.25, 0.3) is 11.5 Å². The lowest BCUT2D eigenvalue weighted by Gasteiger charge is -2.36. The first-order chi connectivity index (χ1) is 10.9. The number of aromatic nitrogens is 4. The molecule has 0 atom stereocenters. The lowest BCUT2D eigenvalue weighted by Crippen LogP contribution is -2.44. The fourth-order valence-corrected chi connectivity index (χ4v) is 2.74. The summed E-state index contributed by atoms with van der Waals surface area (Å²) in [6.07, 6.45) is 4.31. The van der Waals surface area contributed by atoms with Gasteiger partial charge in [0, 0.05) is 25.6 Å². The van der Waals surface area contributed by atoms with E-state index in [4.69, 9.17) is 19.9 Å². The molecule has 1 aliphatic heterocycles. The Kier molecular flexibility index (Phi) is 2.89. The minimum absolute atomic E-state index is 0.0633. The molecule has 3 N–H and O–H groups in total. The van der Waals surface area contributed by atoms with Crippen molar-refractivity contribution in [3.63, 3.8) is 0 Å². The maximum Gasteiger partial charge on any atom is 0.280 e. The number of rotatable bonds is 2. The Morgan fingerprint density at radius 1 is 1.48 bits per heavy atom. The molecule has 9 nitrogen and oxygen atoms in total. The van der Waals surface area contributed by atoms with Crippen LogP contribution in [0.3, 0.4) is 0 Å².